The molecule has 2 heterocycles. The van der Waals surface area contributed by atoms with Crippen molar-refractivity contribution in [3.63, 3.8) is 0 Å². The minimum atomic E-state index is -0.368. The predicted octanol–water partition coefficient (Wildman–Crippen LogP) is 2.28. The molecule has 20 heavy (non-hydrogen) atoms. The number of carbonyl (C=O) groups is 1. The quantitative estimate of drug-likeness (QED) is 0.595. The second-order valence-corrected chi connectivity index (χ2v) is 5.85. The third kappa shape index (κ3) is 3.24. The molecule has 0 bridgehead atoms. The van der Waals surface area contributed by atoms with Crippen LogP contribution >= 0.6 is 22.9 Å². The van der Waals surface area contributed by atoms with E-state index >= 15 is 0 Å². The minimum Gasteiger partial charge on any atom is -0.342 e. The van der Waals surface area contributed by atoms with Crippen molar-refractivity contribution in [1.29, 1.82) is 0 Å². The number of hydrogen-bond acceptors (Lipinski definition) is 6. The number of anilines is 1. The average molecular weight is 312 g/mol. The molecule has 2 aromatic rings. The normalized spacial score (nSPS) is 12.0. The Morgan fingerprint density at radius 1 is 1.50 bits per heavy atom. The number of amides is 1. The molecule has 0 fully saturated rings. The van der Waals surface area contributed by atoms with Gasteiger partial charge in [-0.15, -0.1) is 11.3 Å². The SMILES string of the molecule is Cc1cnc(C(C)NC(=O)c2nc(NN)ccc2Cl)s1. The molecule has 0 aliphatic heterocycles. The van der Waals surface area contributed by atoms with Gasteiger partial charge in [-0.05, 0) is 26.0 Å². The highest BCUT2D eigenvalue weighted by Crippen LogP contribution is 2.21. The van der Waals surface area contributed by atoms with Crippen molar-refractivity contribution >= 4 is 34.7 Å². The van der Waals surface area contributed by atoms with E-state index in [0.29, 0.717) is 5.82 Å². The number of nitrogens with one attached hydrogen (secondary N) is 2. The summed E-state index contributed by atoms with van der Waals surface area (Å²) < 4.78 is 0. The van der Waals surface area contributed by atoms with Crippen LogP contribution in [0.5, 0.6) is 0 Å². The zero-order chi connectivity index (χ0) is 14.7. The van der Waals surface area contributed by atoms with Gasteiger partial charge >= 0.3 is 0 Å². The van der Waals surface area contributed by atoms with Crippen molar-refractivity contribution < 1.29 is 4.79 Å². The number of aryl methyl sites for hydroxylation is 1. The fourth-order valence-corrected chi connectivity index (χ4v) is 2.55. The van der Waals surface area contributed by atoms with Gasteiger partial charge in [-0.1, -0.05) is 11.6 Å². The first-order valence-electron chi connectivity index (χ1n) is 5.87. The Hall–Kier alpha value is -1.70. The van der Waals surface area contributed by atoms with Crippen molar-refractivity contribution in [2.45, 2.75) is 19.9 Å². The summed E-state index contributed by atoms with van der Waals surface area (Å²) >= 11 is 7.51. The zero-order valence-corrected chi connectivity index (χ0v) is 12.5. The van der Waals surface area contributed by atoms with E-state index in [1.807, 2.05) is 13.8 Å². The number of nitrogens with zero attached hydrogens (tertiary/aromatic N) is 2. The van der Waals surface area contributed by atoms with Gasteiger partial charge in [-0.2, -0.15) is 0 Å². The fraction of sp³-hybridized carbons (Fsp3) is 0.250. The number of hydrogen-bond donors (Lipinski definition) is 3. The van der Waals surface area contributed by atoms with E-state index in [1.165, 1.54) is 11.3 Å². The van der Waals surface area contributed by atoms with Crippen LogP contribution in [-0.2, 0) is 0 Å². The Morgan fingerprint density at radius 3 is 2.85 bits per heavy atom. The molecule has 4 N–H and O–H groups in total. The Kier molecular flexibility index (Phi) is 4.53. The molecule has 106 valence electrons. The lowest BCUT2D eigenvalue weighted by molar-refractivity contribution is 0.0935. The van der Waals surface area contributed by atoms with Crippen LogP contribution in [0, 0.1) is 6.92 Å². The first-order chi connectivity index (χ1) is 9.51. The molecular formula is C12H14ClN5OS. The Bertz CT molecular complexity index is 630. The maximum absolute atomic E-state index is 12.2. The first-order valence-corrected chi connectivity index (χ1v) is 7.07. The Labute approximate surface area is 125 Å². The Morgan fingerprint density at radius 2 is 2.25 bits per heavy atom. The van der Waals surface area contributed by atoms with Gasteiger partial charge in [0.05, 0.1) is 11.1 Å². The maximum atomic E-state index is 12.2. The summed E-state index contributed by atoms with van der Waals surface area (Å²) in [5.74, 6) is 5.27. The van der Waals surface area contributed by atoms with Crippen molar-refractivity contribution in [2.75, 3.05) is 5.43 Å². The number of hydrazine groups is 1. The highest BCUT2D eigenvalue weighted by molar-refractivity contribution is 7.11. The van der Waals surface area contributed by atoms with Crippen LogP contribution in [0.4, 0.5) is 5.82 Å². The largest absolute Gasteiger partial charge is 0.342 e. The molecule has 0 saturated heterocycles. The number of carbonyl (C=O) groups excluding carboxylic acids is 1. The van der Waals surface area contributed by atoms with Crippen LogP contribution in [0.3, 0.4) is 0 Å². The first kappa shape index (κ1) is 14.7. The van der Waals surface area contributed by atoms with Crippen LogP contribution in [0.2, 0.25) is 5.02 Å². The van der Waals surface area contributed by atoms with E-state index < -0.39 is 0 Å². The van der Waals surface area contributed by atoms with Gasteiger partial charge in [0.15, 0.2) is 0 Å². The van der Waals surface area contributed by atoms with Crippen LogP contribution < -0.4 is 16.6 Å². The van der Waals surface area contributed by atoms with Crippen molar-refractivity contribution in [3.8, 4) is 0 Å². The topological polar surface area (TPSA) is 92.9 Å². The van der Waals surface area contributed by atoms with Gasteiger partial charge < -0.3 is 10.7 Å². The summed E-state index contributed by atoms with van der Waals surface area (Å²) in [5.41, 5.74) is 2.50. The lowest BCUT2D eigenvalue weighted by atomic mass is 10.3. The summed E-state index contributed by atoms with van der Waals surface area (Å²) in [4.78, 5) is 21.5. The summed E-state index contributed by atoms with van der Waals surface area (Å²) in [6.45, 7) is 3.82. The standard InChI is InChI=1S/C12H14ClN5OS/c1-6-5-15-12(20-6)7(2)16-11(19)10-8(13)3-4-9(17-10)18-14/h3-5,7H,14H2,1-2H3,(H,16,19)(H,17,18). The summed E-state index contributed by atoms with van der Waals surface area (Å²) in [5, 5.41) is 3.91. The minimum absolute atomic E-state index is 0.127. The van der Waals surface area contributed by atoms with E-state index in [1.54, 1.807) is 18.3 Å². The van der Waals surface area contributed by atoms with Gasteiger partial charge in [-0.25, -0.2) is 15.8 Å². The van der Waals surface area contributed by atoms with E-state index in [2.05, 4.69) is 20.7 Å². The molecule has 0 radical (unpaired) electrons. The van der Waals surface area contributed by atoms with Gasteiger partial charge in [0.1, 0.15) is 16.5 Å². The third-order valence-corrected chi connectivity index (χ3v) is 3.97. The number of rotatable bonds is 4. The summed E-state index contributed by atoms with van der Waals surface area (Å²) in [7, 11) is 0. The van der Waals surface area contributed by atoms with Crippen LogP contribution in [0.15, 0.2) is 18.3 Å². The molecule has 2 rings (SSSR count). The smallest absolute Gasteiger partial charge is 0.272 e. The molecule has 6 nitrogen and oxygen atoms in total. The number of halogens is 1. The molecule has 0 aliphatic carbocycles. The third-order valence-electron chi connectivity index (χ3n) is 2.57. The van der Waals surface area contributed by atoms with Gasteiger partial charge in [0, 0.05) is 11.1 Å². The highest BCUT2D eigenvalue weighted by atomic mass is 35.5. The molecule has 2 aromatic heterocycles. The second kappa shape index (κ2) is 6.17. The molecule has 0 aromatic carbocycles. The lowest BCUT2D eigenvalue weighted by Gasteiger charge is -2.12. The molecule has 0 aliphatic rings. The molecular weight excluding hydrogens is 298 g/mol. The number of nitrogens with two attached hydrogens (primary N) is 1. The van der Waals surface area contributed by atoms with Crippen molar-refractivity contribution in [3.05, 3.63) is 38.9 Å². The van der Waals surface area contributed by atoms with Gasteiger partial charge in [-0.3, -0.25) is 4.79 Å². The number of thiazole rings is 1. The van der Waals surface area contributed by atoms with Crippen molar-refractivity contribution in [2.24, 2.45) is 5.84 Å². The second-order valence-electron chi connectivity index (χ2n) is 4.18. The average Bonchev–Trinajstić information content (AvgIpc) is 2.86. The highest BCUT2D eigenvalue weighted by Gasteiger charge is 2.18. The molecule has 0 saturated carbocycles. The Balaban J connectivity index is 2.15. The van der Waals surface area contributed by atoms with E-state index in [9.17, 15) is 4.79 Å². The van der Waals surface area contributed by atoms with Gasteiger partial charge in [0.2, 0.25) is 0 Å². The number of nitrogen functional groups attached to an aromatic ring is 1. The maximum Gasteiger partial charge on any atom is 0.272 e. The monoisotopic (exact) mass is 311 g/mol. The molecule has 1 amide bonds. The van der Waals surface area contributed by atoms with Crippen LogP contribution in [-0.4, -0.2) is 15.9 Å². The van der Waals surface area contributed by atoms with Gasteiger partial charge in [0.25, 0.3) is 5.91 Å². The molecule has 1 atom stereocenters. The van der Waals surface area contributed by atoms with Crippen LogP contribution in [0.25, 0.3) is 0 Å². The van der Waals surface area contributed by atoms with E-state index in [-0.39, 0.29) is 22.7 Å². The molecule has 8 heteroatoms. The molecule has 0 spiro atoms. The number of pyridine rings is 1. The van der Waals surface area contributed by atoms with Crippen LogP contribution in [0.1, 0.15) is 33.3 Å². The van der Waals surface area contributed by atoms with E-state index in [4.69, 9.17) is 17.4 Å². The number of aromatic nitrogens is 2. The summed E-state index contributed by atoms with van der Waals surface area (Å²) in [6, 6.07) is 2.94. The van der Waals surface area contributed by atoms with Crippen molar-refractivity contribution in [1.82, 2.24) is 15.3 Å². The predicted molar refractivity (Wildman–Crippen MR) is 79.8 cm³/mol. The lowest BCUT2D eigenvalue weighted by Crippen LogP contribution is -2.28. The fourth-order valence-electron chi connectivity index (χ4n) is 1.58. The zero-order valence-electron chi connectivity index (χ0n) is 11.0. The van der Waals surface area contributed by atoms with E-state index in [0.717, 1.165) is 9.88 Å². The molecule has 1 unspecified atom stereocenters. The summed E-state index contributed by atoms with van der Waals surface area (Å²) in [6.07, 6.45) is 1.77.